The number of rotatable bonds is 7. The SMILES string of the molecule is C=C/C=C(\C)C(=O)Nc1cc(C)c2sc(C)nc2c1.C=NCC(/C=C\C)=C/CC. The molecule has 1 aromatic carbocycles. The highest BCUT2D eigenvalue weighted by Crippen LogP contribution is 2.28. The lowest BCUT2D eigenvalue weighted by Gasteiger charge is -2.06. The first-order valence-corrected chi connectivity index (χ1v) is 10.4. The van der Waals surface area contributed by atoms with Crippen LogP contribution in [0.2, 0.25) is 0 Å². The van der Waals surface area contributed by atoms with Crippen molar-refractivity contribution < 1.29 is 4.79 Å². The number of aryl methyl sites for hydroxylation is 2. The molecule has 0 aliphatic heterocycles. The van der Waals surface area contributed by atoms with Crippen LogP contribution in [0.1, 0.15) is 37.8 Å². The molecule has 0 atom stereocenters. The van der Waals surface area contributed by atoms with Gasteiger partial charge in [-0.05, 0) is 64.1 Å². The maximum absolute atomic E-state index is 11.9. The molecule has 1 amide bonds. The number of carbonyl (C=O) groups excluding carboxylic acids is 1. The molecule has 0 saturated heterocycles. The molecule has 0 bridgehead atoms. The quantitative estimate of drug-likeness (QED) is 0.319. The lowest BCUT2D eigenvalue weighted by Crippen LogP contribution is -2.12. The number of fused-ring (bicyclic) bond motifs is 1. The summed E-state index contributed by atoms with van der Waals surface area (Å²) in [6.07, 6.45) is 10.6. The van der Waals surface area contributed by atoms with Gasteiger partial charge in [0.2, 0.25) is 0 Å². The highest BCUT2D eigenvalue weighted by Gasteiger charge is 2.09. The summed E-state index contributed by atoms with van der Waals surface area (Å²) in [7, 11) is 0. The summed E-state index contributed by atoms with van der Waals surface area (Å²) in [5.74, 6) is -0.120. The average molecular weight is 410 g/mol. The third-order valence-corrected chi connectivity index (χ3v) is 5.03. The van der Waals surface area contributed by atoms with Gasteiger partial charge in [0.05, 0.1) is 21.8 Å². The molecule has 1 aromatic heterocycles. The monoisotopic (exact) mass is 409 g/mol. The summed E-state index contributed by atoms with van der Waals surface area (Å²) in [4.78, 5) is 20.2. The molecule has 0 aliphatic carbocycles. The molecule has 0 aliphatic rings. The van der Waals surface area contributed by atoms with Gasteiger partial charge in [-0.3, -0.25) is 9.79 Å². The minimum atomic E-state index is -0.120. The molecule has 1 N–H and O–H groups in total. The Bertz CT molecular complexity index is 948. The molecule has 154 valence electrons. The number of carbonyl (C=O) groups is 1. The number of anilines is 1. The Labute approximate surface area is 178 Å². The predicted octanol–water partition coefficient (Wildman–Crippen LogP) is 6.58. The van der Waals surface area contributed by atoms with E-state index in [1.54, 1.807) is 30.4 Å². The second-order valence-corrected chi connectivity index (χ2v) is 7.69. The molecular formula is C24H31N3OS. The van der Waals surface area contributed by atoms with Crippen molar-refractivity contribution in [2.75, 3.05) is 11.9 Å². The molecule has 0 unspecified atom stereocenters. The number of nitrogens with one attached hydrogen (secondary N) is 1. The molecular weight excluding hydrogens is 378 g/mol. The molecule has 2 rings (SSSR count). The van der Waals surface area contributed by atoms with E-state index >= 15 is 0 Å². The number of thiazole rings is 1. The third-order valence-electron chi connectivity index (χ3n) is 3.91. The number of nitrogens with zero attached hydrogens (tertiary/aromatic N) is 2. The van der Waals surface area contributed by atoms with E-state index < -0.39 is 0 Å². The van der Waals surface area contributed by atoms with Crippen molar-refractivity contribution >= 4 is 39.9 Å². The summed E-state index contributed by atoms with van der Waals surface area (Å²) >= 11 is 1.67. The zero-order valence-corrected chi connectivity index (χ0v) is 18.9. The molecule has 0 fully saturated rings. The number of hydrogen-bond donors (Lipinski definition) is 1. The first-order chi connectivity index (χ1) is 13.9. The van der Waals surface area contributed by atoms with E-state index in [2.05, 4.69) is 47.7 Å². The van der Waals surface area contributed by atoms with Crippen molar-refractivity contribution in [2.45, 2.75) is 41.0 Å². The van der Waals surface area contributed by atoms with Gasteiger partial charge < -0.3 is 5.32 Å². The van der Waals surface area contributed by atoms with Gasteiger partial charge in [0.25, 0.3) is 5.91 Å². The van der Waals surface area contributed by atoms with E-state index in [1.165, 1.54) is 10.3 Å². The Kier molecular flexibility index (Phi) is 10.6. The van der Waals surface area contributed by atoms with Crippen molar-refractivity contribution in [3.8, 4) is 0 Å². The maximum Gasteiger partial charge on any atom is 0.251 e. The summed E-state index contributed by atoms with van der Waals surface area (Å²) in [5.41, 5.74) is 4.71. The second kappa shape index (κ2) is 12.6. The number of allylic oxidation sites excluding steroid dienone is 4. The minimum Gasteiger partial charge on any atom is -0.322 e. The Morgan fingerprint density at radius 3 is 2.66 bits per heavy atom. The topological polar surface area (TPSA) is 54.4 Å². The van der Waals surface area contributed by atoms with Crippen molar-refractivity contribution in [2.24, 2.45) is 4.99 Å². The maximum atomic E-state index is 11.9. The highest BCUT2D eigenvalue weighted by molar-refractivity contribution is 7.18. The van der Waals surface area contributed by atoms with Crippen LogP contribution in [0.4, 0.5) is 5.69 Å². The van der Waals surface area contributed by atoms with Crippen LogP contribution in [-0.4, -0.2) is 24.2 Å². The van der Waals surface area contributed by atoms with E-state index in [-0.39, 0.29) is 5.91 Å². The fraction of sp³-hybridized carbons (Fsp3) is 0.292. The van der Waals surface area contributed by atoms with Crippen LogP contribution in [0.25, 0.3) is 10.2 Å². The van der Waals surface area contributed by atoms with E-state index in [9.17, 15) is 4.79 Å². The summed E-state index contributed by atoms with van der Waals surface area (Å²) < 4.78 is 1.17. The number of hydrogen-bond acceptors (Lipinski definition) is 4. The van der Waals surface area contributed by atoms with Gasteiger partial charge in [0, 0.05) is 11.3 Å². The first-order valence-electron chi connectivity index (χ1n) is 9.58. The third kappa shape index (κ3) is 8.00. The van der Waals surface area contributed by atoms with E-state index in [1.807, 2.05) is 39.0 Å². The van der Waals surface area contributed by atoms with Crippen LogP contribution in [0.3, 0.4) is 0 Å². The molecule has 1 heterocycles. The zero-order valence-electron chi connectivity index (χ0n) is 18.1. The first kappa shape index (κ1) is 24.2. The summed E-state index contributed by atoms with van der Waals surface area (Å²) in [5, 5.41) is 3.91. The van der Waals surface area contributed by atoms with Crippen LogP contribution < -0.4 is 5.32 Å². The summed E-state index contributed by atoms with van der Waals surface area (Å²) in [6, 6.07) is 3.88. The second-order valence-electron chi connectivity index (χ2n) is 6.48. The fourth-order valence-corrected chi connectivity index (χ4v) is 3.52. The Morgan fingerprint density at radius 2 is 2.07 bits per heavy atom. The lowest BCUT2D eigenvalue weighted by molar-refractivity contribution is -0.112. The Morgan fingerprint density at radius 1 is 1.34 bits per heavy atom. The highest BCUT2D eigenvalue weighted by atomic mass is 32.1. The number of aromatic nitrogens is 1. The standard InChI is InChI=1S/C15H16N2OS.C9H15N/c1-5-6-9(2)15(18)17-12-7-10(3)14-13(8-12)16-11(4)19-14;1-4-6-9(7-5-2)8-10-3/h5-8H,1H2,2-4H3,(H,17,18);4,6-7H,3,5,8H2,1-2H3/b9-6+;6-4-,9-7+. The zero-order chi connectivity index (χ0) is 21.8. The molecule has 5 heteroatoms. The lowest BCUT2D eigenvalue weighted by atomic mass is 10.2. The normalized spacial score (nSPS) is 11.9. The molecule has 0 spiro atoms. The van der Waals surface area contributed by atoms with Crippen molar-refractivity contribution in [3.05, 3.63) is 70.8 Å². The molecule has 4 nitrogen and oxygen atoms in total. The number of aliphatic imine (C=N–C) groups is 1. The van der Waals surface area contributed by atoms with Crippen molar-refractivity contribution in [1.29, 1.82) is 0 Å². The minimum absolute atomic E-state index is 0.120. The van der Waals surface area contributed by atoms with Crippen LogP contribution >= 0.6 is 11.3 Å². The van der Waals surface area contributed by atoms with Crippen molar-refractivity contribution in [1.82, 2.24) is 4.98 Å². The van der Waals surface area contributed by atoms with Gasteiger partial charge in [-0.2, -0.15) is 0 Å². The average Bonchev–Trinajstić information content (AvgIpc) is 3.04. The largest absolute Gasteiger partial charge is 0.322 e. The number of amides is 1. The smallest absolute Gasteiger partial charge is 0.251 e. The Hall–Kier alpha value is -2.79. The van der Waals surface area contributed by atoms with E-state index in [0.29, 0.717) is 5.57 Å². The predicted molar refractivity (Wildman–Crippen MR) is 129 cm³/mol. The van der Waals surface area contributed by atoms with Gasteiger partial charge in [-0.25, -0.2) is 4.98 Å². The van der Waals surface area contributed by atoms with Gasteiger partial charge in [0.1, 0.15) is 0 Å². The molecule has 0 radical (unpaired) electrons. The Balaban J connectivity index is 0.000000359. The van der Waals surface area contributed by atoms with Crippen molar-refractivity contribution in [3.63, 3.8) is 0 Å². The van der Waals surface area contributed by atoms with E-state index in [4.69, 9.17) is 0 Å². The molecule has 2 aromatic rings. The van der Waals surface area contributed by atoms with Gasteiger partial charge in [-0.15, -0.1) is 11.3 Å². The van der Waals surface area contributed by atoms with E-state index in [0.717, 1.165) is 34.7 Å². The molecule has 0 saturated carbocycles. The van der Waals surface area contributed by atoms with Crippen LogP contribution in [0.5, 0.6) is 0 Å². The van der Waals surface area contributed by atoms with Crippen LogP contribution in [-0.2, 0) is 4.79 Å². The van der Waals surface area contributed by atoms with Crippen LogP contribution in [0.15, 0.2) is 65.2 Å². The van der Waals surface area contributed by atoms with Crippen LogP contribution in [0, 0.1) is 13.8 Å². The van der Waals surface area contributed by atoms with Gasteiger partial charge >= 0.3 is 0 Å². The van der Waals surface area contributed by atoms with Gasteiger partial charge in [0.15, 0.2) is 0 Å². The number of benzene rings is 1. The van der Waals surface area contributed by atoms with Gasteiger partial charge in [-0.1, -0.05) is 43.9 Å². The fourth-order valence-electron chi connectivity index (χ4n) is 2.66. The summed E-state index contributed by atoms with van der Waals surface area (Å²) in [6.45, 7) is 17.7. The molecule has 29 heavy (non-hydrogen) atoms.